The van der Waals surface area contributed by atoms with E-state index in [-0.39, 0.29) is 0 Å². The van der Waals surface area contributed by atoms with E-state index in [1.807, 2.05) is 0 Å². The van der Waals surface area contributed by atoms with E-state index in [9.17, 15) is 0 Å². The van der Waals surface area contributed by atoms with Crippen LogP contribution in [0.4, 0.5) is 5.69 Å². The van der Waals surface area contributed by atoms with Crippen LogP contribution in [0.15, 0.2) is 18.2 Å². The number of nitrogens with zero attached hydrogens (tertiary/aromatic N) is 1. The normalized spacial score (nSPS) is 19.8. The van der Waals surface area contributed by atoms with E-state index in [1.165, 1.54) is 38.8 Å². The van der Waals surface area contributed by atoms with Gasteiger partial charge >= 0.3 is 0 Å². The monoisotopic (exact) mass is 173 g/mol. The predicted molar refractivity (Wildman–Crippen MR) is 55.3 cm³/mol. The highest BCUT2D eigenvalue weighted by atomic mass is 15.1. The van der Waals surface area contributed by atoms with Crippen LogP contribution in [-0.2, 0) is 12.8 Å². The standard InChI is InChI=1S/C12H15N/c1-2-8-13-9-7-11-6-3-5-10(4-1)12(11)13/h3,5-6H,1-2,4,7-9H2. The van der Waals surface area contributed by atoms with Crippen LogP contribution in [0.1, 0.15) is 24.0 Å². The Bertz CT molecular complexity index is 330. The lowest BCUT2D eigenvalue weighted by atomic mass is 10.0. The minimum absolute atomic E-state index is 1.26. The second-order valence-corrected chi connectivity index (χ2v) is 4.12. The molecule has 68 valence electrons. The van der Waals surface area contributed by atoms with E-state index < -0.39 is 0 Å². The molecule has 0 aliphatic carbocycles. The number of anilines is 1. The molecule has 0 N–H and O–H groups in total. The van der Waals surface area contributed by atoms with Gasteiger partial charge < -0.3 is 4.90 Å². The van der Waals surface area contributed by atoms with Crippen molar-refractivity contribution >= 4 is 5.69 Å². The van der Waals surface area contributed by atoms with Crippen molar-refractivity contribution in [1.29, 1.82) is 0 Å². The minimum Gasteiger partial charge on any atom is -0.371 e. The predicted octanol–water partition coefficient (Wildman–Crippen LogP) is 2.39. The molecular formula is C12H15N. The number of hydrogen-bond donors (Lipinski definition) is 0. The molecule has 1 aromatic carbocycles. The van der Waals surface area contributed by atoms with Gasteiger partial charge in [0.1, 0.15) is 0 Å². The van der Waals surface area contributed by atoms with Crippen LogP contribution >= 0.6 is 0 Å². The quantitative estimate of drug-likeness (QED) is 0.582. The van der Waals surface area contributed by atoms with Crippen LogP contribution in [0.3, 0.4) is 0 Å². The summed E-state index contributed by atoms with van der Waals surface area (Å²) >= 11 is 0. The molecule has 1 nitrogen and oxygen atoms in total. The Morgan fingerprint density at radius 3 is 2.69 bits per heavy atom. The summed E-state index contributed by atoms with van der Waals surface area (Å²) in [5, 5.41) is 0. The van der Waals surface area contributed by atoms with Gasteiger partial charge in [-0.1, -0.05) is 18.2 Å². The summed E-state index contributed by atoms with van der Waals surface area (Å²) in [5.74, 6) is 0. The molecule has 0 saturated carbocycles. The second-order valence-electron chi connectivity index (χ2n) is 4.12. The summed E-state index contributed by atoms with van der Waals surface area (Å²) in [7, 11) is 0. The Balaban J connectivity index is 2.16. The molecule has 0 unspecified atom stereocenters. The lowest BCUT2D eigenvalue weighted by Gasteiger charge is -2.18. The molecule has 0 radical (unpaired) electrons. The molecule has 0 aromatic heterocycles. The molecule has 0 amide bonds. The minimum atomic E-state index is 1.26. The third-order valence-corrected chi connectivity index (χ3v) is 3.29. The number of hydrogen-bond acceptors (Lipinski definition) is 1. The average molecular weight is 173 g/mol. The first-order valence-corrected chi connectivity index (χ1v) is 5.31. The first-order valence-electron chi connectivity index (χ1n) is 5.31. The zero-order valence-electron chi connectivity index (χ0n) is 7.92. The number of rotatable bonds is 0. The molecule has 2 heterocycles. The number of para-hydroxylation sites is 1. The fourth-order valence-electron chi connectivity index (χ4n) is 2.66. The summed E-state index contributed by atoms with van der Waals surface area (Å²) in [6, 6.07) is 6.83. The van der Waals surface area contributed by atoms with E-state index >= 15 is 0 Å². The number of aryl methyl sites for hydroxylation is 1. The maximum absolute atomic E-state index is 2.58. The lowest BCUT2D eigenvalue weighted by Crippen LogP contribution is -2.20. The first kappa shape index (κ1) is 7.43. The summed E-state index contributed by atoms with van der Waals surface area (Å²) in [5.41, 5.74) is 4.76. The molecular weight excluding hydrogens is 158 g/mol. The Hall–Kier alpha value is -0.980. The van der Waals surface area contributed by atoms with Gasteiger partial charge in [0.05, 0.1) is 0 Å². The van der Waals surface area contributed by atoms with E-state index in [2.05, 4.69) is 23.1 Å². The highest BCUT2D eigenvalue weighted by molar-refractivity contribution is 5.63. The van der Waals surface area contributed by atoms with E-state index in [0.29, 0.717) is 0 Å². The Labute approximate surface area is 79.4 Å². The summed E-state index contributed by atoms with van der Waals surface area (Å²) in [4.78, 5) is 2.58. The topological polar surface area (TPSA) is 3.24 Å². The Morgan fingerprint density at radius 1 is 0.923 bits per heavy atom. The van der Waals surface area contributed by atoms with E-state index in [1.54, 1.807) is 16.8 Å². The molecule has 0 fully saturated rings. The maximum atomic E-state index is 2.58. The maximum Gasteiger partial charge on any atom is 0.0432 e. The zero-order valence-corrected chi connectivity index (χ0v) is 7.92. The van der Waals surface area contributed by atoms with Crippen LogP contribution in [0.25, 0.3) is 0 Å². The van der Waals surface area contributed by atoms with Crippen LogP contribution in [0, 0.1) is 0 Å². The van der Waals surface area contributed by atoms with Gasteiger partial charge in [0, 0.05) is 18.8 Å². The second kappa shape index (κ2) is 2.76. The van der Waals surface area contributed by atoms with Gasteiger partial charge in [-0.2, -0.15) is 0 Å². The summed E-state index contributed by atoms with van der Waals surface area (Å²) in [6.45, 7) is 2.54. The van der Waals surface area contributed by atoms with Gasteiger partial charge in [-0.05, 0) is 36.8 Å². The van der Waals surface area contributed by atoms with Gasteiger partial charge in [0.15, 0.2) is 0 Å². The molecule has 2 aliphatic heterocycles. The lowest BCUT2D eigenvalue weighted by molar-refractivity contribution is 0.725. The van der Waals surface area contributed by atoms with Crippen LogP contribution in [0.5, 0.6) is 0 Å². The third kappa shape index (κ3) is 1.06. The van der Waals surface area contributed by atoms with Crippen molar-refractivity contribution < 1.29 is 0 Å². The van der Waals surface area contributed by atoms with Crippen molar-refractivity contribution in [2.45, 2.75) is 25.7 Å². The van der Waals surface area contributed by atoms with Gasteiger partial charge in [-0.25, -0.2) is 0 Å². The molecule has 0 saturated heterocycles. The van der Waals surface area contributed by atoms with Crippen molar-refractivity contribution in [2.75, 3.05) is 18.0 Å². The molecule has 0 bridgehead atoms. The molecule has 0 atom stereocenters. The molecule has 1 aromatic rings. The van der Waals surface area contributed by atoms with Crippen molar-refractivity contribution in [3.05, 3.63) is 29.3 Å². The molecule has 2 aliphatic rings. The highest BCUT2D eigenvalue weighted by Crippen LogP contribution is 2.34. The van der Waals surface area contributed by atoms with Gasteiger partial charge in [-0.15, -0.1) is 0 Å². The van der Waals surface area contributed by atoms with Crippen molar-refractivity contribution in [3.63, 3.8) is 0 Å². The highest BCUT2D eigenvalue weighted by Gasteiger charge is 2.23. The zero-order chi connectivity index (χ0) is 8.67. The molecule has 0 spiro atoms. The molecule has 13 heavy (non-hydrogen) atoms. The number of benzene rings is 1. The average Bonchev–Trinajstić information content (AvgIpc) is 2.44. The van der Waals surface area contributed by atoms with Crippen LogP contribution < -0.4 is 4.90 Å². The van der Waals surface area contributed by atoms with Crippen molar-refractivity contribution in [3.8, 4) is 0 Å². The van der Waals surface area contributed by atoms with Crippen LogP contribution in [-0.4, -0.2) is 13.1 Å². The first-order chi connectivity index (χ1) is 6.45. The van der Waals surface area contributed by atoms with Gasteiger partial charge in [-0.3, -0.25) is 0 Å². The van der Waals surface area contributed by atoms with Crippen molar-refractivity contribution in [2.24, 2.45) is 0 Å². The van der Waals surface area contributed by atoms with E-state index in [0.717, 1.165) is 0 Å². The smallest absolute Gasteiger partial charge is 0.0432 e. The largest absolute Gasteiger partial charge is 0.371 e. The van der Waals surface area contributed by atoms with Crippen molar-refractivity contribution in [1.82, 2.24) is 0 Å². The summed E-state index contributed by atoms with van der Waals surface area (Å²) in [6.07, 6.45) is 5.30. The van der Waals surface area contributed by atoms with Gasteiger partial charge in [0.2, 0.25) is 0 Å². The fourth-order valence-corrected chi connectivity index (χ4v) is 2.66. The summed E-state index contributed by atoms with van der Waals surface area (Å²) < 4.78 is 0. The third-order valence-electron chi connectivity index (χ3n) is 3.29. The SMILES string of the molecule is c1cc2c3c(c1)CCN3CCCC2. The van der Waals surface area contributed by atoms with Crippen LogP contribution in [0.2, 0.25) is 0 Å². The Morgan fingerprint density at radius 2 is 1.77 bits per heavy atom. The van der Waals surface area contributed by atoms with E-state index in [4.69, 9.17) is 0 Å². The fraction of sp³-hybridized carbons (Fsp3) is 0.500. The van der Waals surface area contributed by atoms with Gasteiger partial charge in [0.25, 0.3) is 0 Å². The molecule has 1 heteroatoms. The molecule has 3 rings (SSSR count). The Kier molecular flexibility index (Phi) is 1.58.